The van der Waals surface area contributed by atoms with Crippen molar-refractivity contribution in [1.29, 1.82) is 5.26 Å². The largest absolute Gasteiger partial charge is 0.326 e. The molecular weight excluding hydrogens is 250 g/mol. The molecule has 0 bridgehead atoms. The minimum absolute atomic E-state index is 0.00420. The van der Waals surface area contributed by atoms with E-state index >= 15 is 0 Å². The number of amides is 1. The van der Waals surface area contributed by atoms with Crippen molar-refractivity contribution in [2.24, 2.45) is 5.41 Å². The molecule has 0 fully saturated rings. The van der Waals surface area contributed by atoms with Gasteiger partial charge in [-0.1, -0.05) is 20.8 Å². The van der Waals surface area contributed by atoms with E-state index < -0.39 is 0 Å². The Bertz CT molecular complexity index is 480. The van der Waals surface area contributed by atoms with Crippen molar-refractivity contribution in [2.45, 2.75) is 27.2 Å². The summed E-state index contributed by atoms with van der Waals surface area (Å²) in [6.07, 6.45) is 0.465. The van der Waals surface area contributed by atoms with Gasteiger partial charge in [0.25, 0.3) is 0 Å². The van der Waals surface area contributed by atoms with E-state index in [1.54, 1.807) is 24.3 Å². The topological polar surface area (TPSA) is 56.1 Å². The molecule has 1 aromatic carbocycles. The van der Waals surface area contributed by atoms with Crippen LogP contribution in [0.3, 0.4) is 0 Å². The summed E-state index contributed by atoms with van der Waals surface area (Å²) in [5, 5.41) is 11.5. The molecule has 0 aliphatic heterocycles. The summed E-state index contributed by atoms with van der Waals surface area (Å²) in [7, 11) is 2.03. The van der Waals surface area contributed by atoms with E-state index in [9.17, 15) is 4.79 Å². The fourth-order valence-corrected chi connectivity index (χ4v) is 2.03. The fourth-order valence-electron chi connectivity index (χ4n) is 2.03. The van der Waals surface area contributed by atoms with Crippen LogP contribution in [0.2, 0.25) is 0 Å². The number of carbonyl (C=O) groups is 1. The smallest absolute Gasteiger partial charge is 0.225 e. The summed E-state index contributed by atoms with van der Waals surface area (Å²) in [5.41, 5.74) is 1.55. The molecule has 20 heavy (non-hydrogen) atoms. The maximum absolute atomic E-state index is 11.8. The van der Waals surface area contributed by atoms with Crippen LogP contribution in [0.1, 0.15) is 32.8 Å². The van der Waals surface area contributed by atoms with Crippen molar-refractivity contribution in [3.63, 3.8) is 0 Å². The number of carbonyl (C=O) groups excluding carboxylic acids is 1. The van der Waals surface area contributed by atoms with Gasteiger partial charge >= 0.3 is 0 Å². The second kappa shape index (κ2) is 7.06. The Labute approximate surface area is 121 Å². The number of benzene rings is 1. The first-order valence-electron chi connectivity index (χ1n) is 6.79. The van der Waals surface area contributed by atoms with Gasteiger partial charge in [-0.25, -0.2) is 0 Å². The molecule has 0 heterocycles. The molecule has 0 spiro atoms. The second-order valence-corrected chi connectivity index (χ2v) is 6.29. The van der Waals surface area contributed by atoms with Crippen molar-refractivity contribution < 1.29 is 4.79 Å². The van der Waals surface area contributed by atoms with Crippen LogP contribution in [0.5, 0.6) is 0 Å². The van der Waals surface area contributed by atoms with Gasteiger partial charge in [-0.15, -0.1) is 0 Å². The number of hydrogen-bond acceptors (Lipinski definition) is 3. The average molecular weight is 273 g/mol. The van der Waals surface area contributed by atoms with Gasteiger partial charge in [0.05, 0.1) is 11.6 Å². The summed E-state index contributed by atoms with van der Waals surface area (Å²) < 4.78 is 0. The van der Waals surface area contributed by atoms with Crippen LogP contribution < -0.4 is 5.32 Å². The Kier molecular flexibility index (Phi) is 5.72. The zero-order chi connectivity index (χ0) is 15.2. The summed E-state index contributed by atoms with van der Waals surface area (Å²) in [6, 6.07) is 8.93. The molecule has 1 aromatic rings. The Hall–Kier alpha value is -1.86. The lowest BCUT2D eigenvalue weighted by atomic mass is 9.96. The van der Waals surface area contributed by atoms with Crippen molar-refractivity contribution in [3.05, 3.63) is 29.8 Å². The summed E-state index contributed by atoms with van der Waals surface area (Å²) in [4.78, 5) is 14.0. The molecule has 0 radical (unpaired) electrons. The maximum Gasteiger partial charge on any atom is 0.225 e. The molecule has 0 saturated carbocycles. The van der Waals surface area contributed by atoms with Crippen LogP contribution in [0, 0.1) is 16.7 Å². The standard InChI is InChI=1S/C16H23N3O/c1-16(2,3)12-19(4)10-9-15(20)18-14-7-5-13(11-17)6-8-14/h5-8H,9-10,12H2,1-4H3,(H,18,20). The van der Waals surface area contributed by atoms with Gasteiger partial charge in [0.2, 0.25) is 5.91 Å². The SMILES string of the molecule is CN(CCC(=O)Nc1ccc(C#N)cc1)CC(C)(C)C. The van der Waals surface area contributed by atoms with Crippen molar-refractivity contribution in [3.8, 4) is 6.07 Å². The zero-order valence-corrected chi connectivity index (χ0v) is 12.7. The zero-order valence-electron chi connectivity index (χ0n) is 12.7. The third-order valence-corrected chi connectivity index (χ3v) is 2.76. The predicted octanol–water partition coefficient (Wildman–Crippen LogP) is 2.86. The number of hydrogen-bond donors (Lipinski definition) is 1. The first-order chi connectivity index (χ1) is 9.30. The summed E-state index contributed by atoms with van der Waals surface area (Å²) in [6.45, 7) is 8.23. The third kappa shape index (κ3) is 6.35. The van der Waals surface area contributed by atoms with E-state index in [0.717, 1.165) is 18.8 Å². The quantitative estimate of drug-likeness (QED) is 0.897. The summed E-state index contributed by atoms with van der Waals surface area (Å²) in [5.74, 6) is -0.00420. The number of anilines is 1. The molecule has 1 N–H and O–H groups in total. The average Bonchev–Trinajstić information content (AvgIpc) is 2.35. The normalized spacial score (nSPS) is 11.2. The molecule has 0 saturated heterocycles. The highest BCUT2D eigenvalue weighted by Gasteiger charge is 2.14. The molecular formula is C16H23N3O. The van der Waals surface area contributed by atoms with Gasteiger partial charge in [-0.3, -0.25) is 4.79 Å². The van der Waals surface area contributed by atoms with E-state index in [1.807, 2.05) is 13.1 Å². The first kappa shape index (κ1) is 16.2. The molecule has 4 heteroatoms. The third-order valence-electron chi connectivity index (χ3n) is 2.76. The lowest BCUT2D eigenvalue weighted by Crippen LogP contribution is -2.31. The molecule has 0 aliphatic carbocycles. The fraction of sp³-hybridized carbons (Fsp3) is 0.500. The maximum atomic E-state index is 11.8. The van der Waals surface area contributed by atoms with Gasteiger partial charge in [-0.2, -0.15) is 5.26 Å². The highest BCUT2D eigenvalue weighted by Crippen LogP contribution is 2.14. The van der Waals surface area contributed by atoms with E-state index in [1.165, 1.54) is 0 Å². The number of nitriles is 1. The van der Waals surface area contributed by atoms with E-state index in [-0.39, 0.29) is 11.3 Å². The van der Waals surface area contributed by atoms with Crippen LogP contribution >= 0.6 is 0 Å². The van der Waals surface area contributed by atoms with Crippen LogP contribution in [-0.2, 0) is 4.79 Å². The minimum atomic E-state index is -0.00420. The monoisotopic (exact) mass is 273 g/mol. The first-order valence-corrected chi connectivity index (χ1v) is 6.79. The molecule has 4 nitrogen and oxygen atoms in total. The Morgan fingerprint density at radius 2 is 1.90 bits per heavy atom. The van der Waals surface area contributed by atoms with Gasteiger partial charge in [0.1, 0.15) is 0 Å². The van der Waals surface area contributed by atoms with Crippen molar-refractivity contribution in [1.82, 2.24) is 4.90 Å². The Balaban J connectivity index is 2.38. The number of nitrogens with zero attached hydrogens (tertiary/aromatic N) is 2. The lowest BCUT2D eigenvalue weighted by molar-refractivity contribution is -0.116. The number of rotatable bonds is 5. The van der Waals surface area contributed by atoms with Gasteiger partial charge in [0, 0.05) is 25.2 Å². The minimum Gasteiger partial charge on any atom is -0.326 e. The highest BCUT2D eigenvalue weighted by atomic mass is 16.1. The van der Waals surface area contributed by atoms with E-state index in [0.29, 0.717) is 12.0 Å². The number of nitrogens with one attached hydrogen (secondary N) is 1. The summed E-state index contributed by atoms with van der Waals surface area (Å²) >= 11 is 0. The molecule has 0 unspecified atom stereocenters. The van der Waals surface area contributed by atoms with Crippen molar-refractivity contribution >= 4 is 11.6 Å². The Morgan fingerprint density at radius 3 is 2.40 bits per heavy atom. The molecule has 0 aromatic heterocycles. The van der Waals surface area contributed by atoms with E-state index in [2.05, 4.69) is 31.0 Å². The molecule has 0 aliphatic rings. The molecule has 108 valence electrons. The van der Waals surface area contributed by atoms with Crippen LogP contribution in [0.25, 0.3) is 0 Å². The molecule has 1 rings (SSSR count). The predicted molar refractivity (Wildman–Crippen MR) is 81.4 cm³/mol. The Morgan fingerprint density at radius 1 is 1.30 bits per heavy atom. The van der Waals surface area contributed by atoms with Crippen LogP contribution in [-0.4, -0.2) is 30.9 Å². The molecule has 1 amide bonds. The van der Waals surface area contributed by atoms with E-state index in [4.69, 9.17) is 5.26 Å². The second-order valence-electron chi connectivity index (χ2n) is 6.29. The van der Waals surface area contributed by atoms with Crippen LogP contribution in [0.4, 0.5) is 5.69 Å². The highest BCUT2D eigenvalue weighted by molar-refractivity contribution is 5.90. The lowest BCUT2D eigenvalue weighted by Gasteiger charge is -2.26. The van der Waals surface area contributed by atoms with Gasteiger partial charge in [0.15, 0.2) is 0 Å². The van der Waals surface area contributed by atoms with Crippen molar-refractivity contribution in [2.75, 3.05) is 25.5 Å². The van der Waals surface area contributed by atoms with Crippen LogP contribution in [0.15, 0.2) is 24.3 Å². The van der Waals surface area contributed by atoms with Gasteiger partial charge < -0.3 is 10.2 Å². The van der Waals surface area contributed by atoms with Gasteiger partial charge in [-0.05, 0) is 36.7 Å². The molecule has 0 atom stereocenters.